The molecule has 0 fully saturated rings. The standard InChI is InChI=1S/C28H21N5O8S2.CH3.Cu.4Na/c34-26-16-21(31-30-20-8-5-17-2-1-3-27(22(17)15-20)43(39,40)41)9-11-24(26)32-33-25-10-6-18-4-7-19(14-23(18)28(25)35)29-12-13-42(36,37)38;;;;;;/h2-9,11,14-16,29,34-35H,12-13H2,(H,36,37,38)(H,39,40,41);1H3;;;;;/q-2;-1;5*+1/p-2. The third-order valence-corrected chi connectivity index (χ3v) is 7.68. The predicted molar refractivity (Wildman–Crippen MR) is 161 cm³/mol. The summed E-state index contributed by atoms with van der Waals surface area (Å²) in [6, 6.07) is 23.2. The van der Waals surface area contributed by atoms with E-state index in [0.29, 0.717) is 21.8 Å². The number of nitrogens with zero attached hydrogens (tertiary/aromatic N) is 4. The van der Waals surface area contributed by atoms with Gasteiger partial charge in [0, 0.05) is 29.7 Å². The van der Waals surface area contributed by atoms with Crippen molar-refractivity contribution in [3.63, 3.8) is 0 Å². The van der Waals surface area contributed by atoms with Gasteiger partial charge in [-0.1, -0.05) is 17.5 Å². The Labute approximate surface area is 383 Å². The first-order valence-electron chi connectivity index (χ1n) is 12.3. The van der Waals surface area contributed by atoms with E-state index >= 15 is 0 Å². The number of azo groups is 2. The number of hydrogen-bond donors (Lipinski definition) is 3. The maximum Gasteiger partial charge on any atom is 1.00 e. The van der Waals surface area contributed by atoms with Crippen LogP contribution in [0.3, 0.4) is 0 Å². The van der Waals surface area contributed by atoms with Crippen molar-refractivity contribution < 1.29 is 171 Å². The second-order valence-corrected chi connectivity index (χ2v) is 12.0. The summed E-state index contributed by atoms with van der Waals surface area (Å²) in [4.78, 5) is -0.422. The zero-order chi connectivity index (χ0) is 30.8. The monoisotopic (exact) mass is 787 g/mol. The van der Waals surface area contributed by atoms with Gasteiger partial charge in [0.15, 0.2) is 0 Å². The van der Waals surface area contributed by atoms with Crippen molar-refractivity contribution in [2.75, 3.05) is 17.6 Å². The van der Waals surface area contributed by atoms with Crippen LogP contribution in [0.1, 0.15) is 0 Å². The molecule has 0 saturated carbocycles. The molecule has 238 valence electrons. The van der Waals surface area contributed by atoms with E-state index in [-0.39, 0.29) is 189 Å². The first kappa shape index (κ1) is 50.7. The van der Waals surface area contributed by atoms with Crippen molar-refractivity contribution in [1.29, 1.82) is 0 Å². The number of phenolic OH excluding ortho intramolecular Hbond substituents is 2. The molecule has 0 aliphatic carbocycles. The number of hydrogen-bond acceptors (Lipinski definition) is 13. The van der Waals surface area contributed by atoms with Crippen LogP contribution in [0.5, 0.6) is 11.5 Å². The maximum atomic E-state index is 11.6. The third-order valence-electron chi connectivity index (χ3n) is 6.10. The fraction of sp³-hybridized carbons (Fsp3) is 0.0690. The minimum atomic E-state index is -4.73. The van der Waals surface area contributed by atoms with Crippen molar-refractivity contribution in [3.8, 4) is 11.5 Å². The van der Waals surface area contributed by atoms with Gasteiger partial charge >= 0.3 is 135 Å². The summed E-state index contributed by atoms with van der Waals surface area (Å²) in [6.07, 6.45) is 0. The summed E-state index contributed by atoms with van der Waals surface area (Å²) >= 11 is 0. The molecule has 0 spiro atoms. The van der Waals surface area contributed by atoms with Crippen LogP contribution in [0.15, 0.2) is 98.1 Å². The van der Waals surface area contributed by atoms with E-state index in [9.17, 15) is 36.2 Å². The summed E-state index contributed by atoms with van der Waals surface area (Å²) in [5, 5.41) is 41.7. The largest absolute Gasteiger partial charge is 1.00 e. The Morgan fingerprint density at radius 1 is 0.735 bits per heavy atom. The minimum Gasteiger partial charge on any atom is -0.754 e. The molecule has 0 amide bonds. The molecule has 0 bridgehead atoms. The van der Waals surface area contributed by atoms with Gasteiger partial charge in [-0.2, -0.15) is 45.7 Å². The van der Waals surface area contributed by atoms with Gasteiger partial charge in [0.1, 0.15) is 11.4 Å². The summed E-state index contributed by atoms with van der Waals surface area (Å²) in [7, 11) is -9.10. The molecule has 20 heteroatoms. The van der Waals surface area contributed by atoms with Gasteiger partial charge in [-0.05, 0) is 29.2 Å². The van der Waals surface area contributed by atoms with Crippen LogP contribution in [-0.4, -0.2) is 48.5 Å². The summed E-state index contributed by atoms with van der Waals surface area (Å²) in [6.45, 7) is -0.105. The molecule has 0 heterocycles. The first-order chi connectivity index (χ1) is 20.4. The van der Waals surface area contributed by atoms with Crippen molar-refractivity contribution in [1.82, 2.24) is 0 Å². The fourth-order valence-corrected chi connectivity index (χ4v) is 5.06. The van der Waals surface area contributed by atoms with Crippen molar-refractivity contribution in [2.24, 2.45) is 20.5 Å². The Morgan fingerprint density at radius 3 is 1.98 bits per heavy atom. The molecule has 5 rings (SSSR count). The normalized spacial score (nSPS) is 11.0. The molecule has 0 unspecified atom stereocenters. The molecule has 0 atom stereocenters. The van der Waals surface area contributed by atoms with Crippen LogP contribution in [0.25, 0.3) is 21.5 Å². The average molecular weight is 788 g/mol. The maximum absolute atomic E-state index is 11.6. The molecular weight excluding hydrogens is 766 g/mol. The number of aromatic hydroxyl groups is 2. The molecule has 0 aromatic heterocycles. The quantitative estimate of drug-likeness (QED) is 0.0561. The third kappa shape index (κ3) is 13.8. The zero-order valence-electron chi connectivity index (χ0n) is 27.1. The van der Waals surface area contributed by atoms with Gasteiger partial charge in [0.2, 0.25) is 0 Å². The van der Waals surface area contributed by atoms with Crippen LogP contribution in [0, 0.1) is 19.6 Å². The van der Waals surface area contributed by atoms with Gasteiger partial charge in [0.25, 0.3) is 0 Å². The molecule has 5 aromatic carbocycles. The van der Waals surface area contributed by atoms with Gasteiger partial charge in [0.05, 0.1) is 37.4 Å². The molecular formula is C29H22CuN5Na4O8S2. The van der Waals surface area contributed by atoms with Crippen LogP contribution < -0.4 is 124 Å². The summed E-state index contributed by atoms with van der Waals surface area (Å²) in [5.41, 5.74) is 1.00. The topological polar surface area (TPSA) is 216 Å². The predicted octanol–water partition coefficient (Wildman–Crippen LogP) is -5.84. The SMILES string of the molecule is O=S(=O)([O-])CCNc1ccc2c[c-]c(N=Nc3ccc(N=Nc4ccc5c[c-]cc(S(=O)(=O)[O-])c5c4)cc3O)c(O)c2c1.[CH3-].[Cu+].[Na+].[Na+].[Na+].[Na+]. The minimum absolute atomic E-state index is 0. The fourth-order valence-electron chi connectivity index (χ4n) is 4.05. The Bertz CT molecular complexity index is 2180. The van der Waals surface area contributed by atoms with Crippen LogP contribution in [-0.2, 0) is 37.3 Å². The van der Waals surface area contributed by atoms with Crippen molar-refractivity contribution in [3.05, 3.63) is 92.4 Å². The second-order valence-electron chi connectivity index (χ2n) is 9.09. The van der Waals surface area contributed by atoms with Crippen molar-refractivity contribution in [2.45, 2.75) is 4.90 Å². The smallest absolute Gasteiger partial charge is 0.754 e. The van der Waals surface area contributed by atoms with E-state index in [2.05, 4.69) is 37.9 Å². The number of nitrogens with one attached hydrogen (secondary N) is 1. The number of benzene rings is 5. The number of rotatable bonds is 9. The average Bonchev–Trinajstić information content (AvgIpc) is 2.95. The summed E-state index contributed by atoms with van der Waals surface area (Å²) < 4.78 is 67.2. The number of anilines is 1. The van der Waals surface area contributed by atoms with E-state index < -0.39 is 30.9 Å². The van der Waals surface area contributed by atoms with Crippen molar-refractivity contribution >= 4 is 70.2 Å². The van der Waals surface area contributed by atoms with Gasteiger partial charge in [-0.3, -0.25) is 8.42 Å². The van der Waals surface area contributed by atoms with Crippen LogP contribution in [0.4, 0.5) is 28.4 Å². The van der Waals surface area contributed by atoms with Gasteiger partial charge in [-0.15, -0.1) is 33.4 Å². The van der Waals surface area contributed by atoms with Crippen LogP contribution in [0.2, 0.25) is 0 Å². The Morgan fingerprint density at radius 2 is 1.35 bits per heavy atom. The van der Waals surface area contributed by atoms with E-state index in [1.165, 1.54) is 30.3 Å². The molecule has 13 nitrogen and oxygen atoms in total. The molecule has 0 aliphatic heterocycles. The van der Waals surface area contributed by atoms with E-state index in [0.717, 1.165) is 6.07 Å². The van der Waals surface area contributed by atoms with Gasteiger partial charge < -0.3 is 32.1 Å². The molecule has 0 radical (unpaired) electrons. The Hall–Kier alpha value is -0.441. The molecule has 0 aliphatic rings. The molecule has 3 N–H and O–H groups in total. The number of fused-ring (bicyclic) bond motifs is 2. The molecule has 5 aromatic rings. The van der Waals surface area contributed by atoms with Gasteiger partial charge in [-0.25, -0.2) is 8.42 Å². The molecule has 49 heavy (non-hydrogen) atoms. The second kappa shape index (κ2) is 21.9. The van der Waals surface area contributed by atoms with E-state index in [1.807, 2.05) is 0 Å². The Balaban J connectivity index is 0. The Kier molecular flexibility index (Phi) is 22.7. The van der Waals surface area contributed by atoms with E-state index in [4.69, 9.17) is 0 Å². The molecule has 0 saturated heterocycles. The zero-order valence-corrected chi connectivity index (χ0v) is 37.7. The van der Waals surface area contributed by atoms with E-state index in [1.54, 1.807) is 36.4 Å². The summed E-state index contributed by atoms with van der Waals surface area (Å²) in [5.74, 6) is -1.15. The van der Waals surface area contributed by atoms with Crippen LogP contribution >= 0.6 is 0 Å². The number of phenols is 2. The first-order valence-corrected chi connectivity index (χ1v) is 15.3.